The van der Waals surface area contributed by atoms with Gasteiger partial charge in [-0.3, -0.25) is 0 Å². The van der Waals surface area contributed by atoms with Crippen molar-refractivity contribution >= 4 is 22.6 Å². The van der Waals surface area contributed by atoms with Crippen LogP contribution in [0.25, 0.3) is 10.9 Å². The third-order valence-electron chi connectivity index (χ3n) is 4.00. The minimum absolute atomic E-state index is 0.223. The third-order valence-corrected chi connectivity index (χ3v) is 4.00. The molecule has 0 radical (unpaired) electrons. The summed E-state index contributed by atoms with van der Waals surface area (Å²) < 4.78 is 7.38. The topological polar surface area (TPSA) is 34.5 Å². The fourth-order valence-corrected chi connectivity index (χ4v) is 2.79. The Bertz CT molecular complexity index is 669. The van der Waals surface area contributed by atoms with Gasteiger partial charge >= 0.3 is 5.97 Å². The smallest absolute Gasteiger partial charge is 0.354 e. The monoisotopic (exact) mass is 286 g/mol. The lowest BCUT2D eigenvalue weighted by molar-refractivity contribution is 0.0514. The summed E-state index contributed by atoms with van der Waals surface area (Å²) in [6.45, 7) is 3.16. The van der Waals surface area contributed by atoms with Gasteiger partial charge in [0, 0.05) is 26.0 Å². The summed E-state index contributed by atoms with van der Waals surface area (Å²) in [5.41, 5.74) is 2.95. The molecule has 2 aromatic rings. The molecular weight excluding hydrogens is 264 g/mol. The van der Waals surface area contributed by atoms with Crippen molar-refractivity contribution in [2.45, 2.75) is 26.3 Å². The first-order valence-corrected chi connectivity index (χ1v) is 7.58. The molecule has 0 unspecified atom stereocenters. The van der Waals surface area contributed by atoms with Crippen molar-refractivity contribution in [1.29, 1.82) is 0 Å². The molecule has 0 spiro atoms. The van der Waals surface area contributed by atoms with Crippen LogP contribution in [0.5, 0.6) is 0 Å². The maximum atomic E-state index is 12.3. The molecule has 0 amide bonds. The molecule has 1 fully saturated rings. The molecule has 1 aromatic carbocycles. The van der Waals surface area contributed by atoms with Crippen molar-refractivity contribution in [2.75, 3.05) is 25.6 Å². The molecule has 1 aromatic heterocycles. The lowest BCUT2D eigenvalue weighted by atomic mass is 10.2. The Morgan fingerprint density at radius 2 is 2.14 bits per heavy atom. The van der Waals surface area contributed by atoms with Gasteiger partial charge in [0.2, 0.25) is 0 Å². The van der Waals surface area contributed by atoms with Crippen LogP contribution >= 0.6 is 0 Å². The number of esters is 1. The number of para-hydroxylation sites is 1. The van der Waals surface area contributed by atoms with Crippen LogP contribution in [0.1, 0.15) is 30.3 Å². The van der Waals surface area contributed by atoms with E-state index in [0.717, 1.165) is 23.1 Å². The summed E-state index contributed by atoms with van der Waals surface area (Å²) in [4.78, 5) is 14.4. The average Bonchev–Trinajstić information content (AvgIpc) is 3.19. The minimum atomic E-state index is -0.223. The van der Waals surface area contributed by atoms with E-state index >= 15 is 0 Å². The fourth-order valence-electron chi connectivity index (χ4n) is 2.79. The Balaban J connectivity index is 2.17. The summed E-state index contributed by atoms with van der Waals surface area (Å²) in [5.74, 6) is 0.475. The first kappa shape index (κ1) is 14.0. The number of hydrogen-bond donors (Lipinski definition) is 0. The Hall–Kier alpha value is -1.97. The summed E-state index contributed by atoms with van der Waals surface area (Å²) >= 11 is 0. The second-order valence-electron chi connectivity index (χ2n) is 5.91. The number of nitrogens with zero attached hydrogens (tertiary/aromatic N) is 2. The highest BCUT2D eigenvalue weighted by Gasteiger charge is 2.26. The zero-order valence-corrected chi connectivity index (χ0v) is 12.9. The number of fused-ring (bicyclic) bond motifs is 1. The van der Waals surface area contributed by atoms with Crippen LogP contribution in [0.2, 0.25) is 0 Å². The Kier molecular flexibility index (Phi) is 3.62. The predicted octanol–water partition coefficient (Wildman–Crippen LogP) is 3.29. The summed E-state index contributed by atoms with van der Waals surface area (Å²) in [5, 5.41) is 1.10. The predicted molar refractivity (Wildman–Crippen MR) is 84.9 cm³/mol. The molecule has 0 bridgehead atoms. The third kappa shape index (κ3) is 2.62. The first-order valence-electron chi connectivity index (χ1n) is 7.58. The van der Waals surface area contributed by atoms with Crippen molar-refractivity contribution < 1.29 is 9.53 Å². The summed E-state index contributed by atoms with van der Waals surface area (Å²) in [6, 6.07) is 8.16. The zero-order chi connectivity index (χ0) is 15.0. The van der Waals surface area contributed by atoms with E-state index in [0.29, 0.717) is 18.2 Å². The standard InChI is InChI=1S/C17H22N2O2/c1-4-21-17(20)15-10-13-6-5-7-14(18(2)3)16(13)19(15)11-12-8-9-12/h5-7,10,12H,4,8-9,11H2,1-3H3. The molecule has 4 heteroatoms. The molecule has 21 heavy (non-hydrogen) atoms. The van der Waals surface area contributed by atoms with Gasteiger partial charge in [-0.2, -0.15) is 0 Å². The van der Waals surface area contributed by atoms with E-state index in [-0.39, 0.29) is 5.97 Å². The Morgan fingerprint density at radius 1 is 1.38 bits per heavy atom. The highest BCUT2D eigenvalue weighted by Crippen LogP contribution is 2.35. The normalized spacial score (nSPS) is 14.4. The van der Waals surface area contributed by atoms with Gasteiger partial charge in [0.25, 0.3) is 0 Å². The summed E-state index contributed by atoms with van der Waals surface area (Å²) in [6.07, 6.45) is 2.51. The van der Waals surface area contributed by atoms with Gasteiger partial charge in [0.05, 0.1) is 17.8 Å². The van der Waals surface area contributed by atoms with Gasteiger partial charge in [-0.15, -0.1) is 0 Å². The van der Waals surface area contributed by atoms with Gasteiger partial charge in [-0.05, 0) is 37.8 Å². The van der Waals surface area contributed by atoms with Crippen LogP contribution in [0.3, 0.4) is 0 Å². The van der Waals surface area contributed by atoms with E-state index in [9.17, 15) is 4.79 Å². The quantitative estimate of drug-likeness (QED) is 0.791. The Labute approximate surface area is 125 Å². The number of anilines is 1. The number of ether oxygens (including phenoxy) is 1. The first-order chi connectivity index (χ1) is 10.1. The molecule has 4 nitrogen and oxygen atoms in total. The van der Waals surface area contributed by atoms with Gasteiger partial charge in [0.1, 0.15) is 5.69 Å². The molecular formula is C17H22N2O2. The van der Waals surface area contributed by atoms with Crippen molar-refractivity contribution in [1.82, 2.24) is 4.57 Å². The molecule has 112 valence electrons. The van der Waals surface area contributed by atoms with E-state index < -0.39 is 0 Å². The average molecular weight is 286 g/mol. The molecule has 0 saturated heterocycles. The number of rotatable bonds is 5. The number of benzene rings is 1. The maximum Gasteiger partial charge on any atom is 0.354 e. The molecule has 1 aliphatic carbocycles. The van der Waals surface area contributed by atoms with E-state index in [2.05, 4.69) is 21.6 Å². The van der Waals surface area contributed by atoms with E-state index in [1.54, 1.807) is 0 Å². The second kappa shape index (κ2) is 5.43. The van der Waals surface area contributed by atoms with Gasteiger partial charge in [-0.25, -0.2) is 4.79 Å². The van der Waals surface area contributed by atoms with Crippen LogP contribution in [-0.4, -0.2) is 31.2 Å². The highest BCUT2D eigenvalue weighted by molar-refractivity contribution is 6.00. The largest absolute Gasteiger partial charge is 0.461 e. The van der Waals surface area contributed by atoms with E-state index in [1.165, 1.54) is 12.8 Å². The second-order valence-corrected chi connectivity index (χ2v) is 5.91. The lowest BCUT2D eigenvalue weighted by Crippen LogP contribution is -2.15. The van der Waals surface area contributed by atoms with Crippen molar-refractivity contribution in [3.05, 3.63) is 30.0 Å². The molecule has 1 heterocycles. The number of hydrogen-bond acceptors (Lipinski definition) is 3. The van der Waals surface area contributed by atoms with Crippen LogP contribution in [-0.2, 0) is 11.3 Å². The van der Waals surface area contributed by atoms with Gasteiger partial charge < -0.3 is 14.2 Å². The van der Waals surface area contributed by atoms with Gasteiger partial charge in [0.15, 0.2) is 0 Å². The number of carbonyl (C=O) groups is 1. The SMILES string of the molecule is CCOC(=O)c1cc2cccc(N(C)C)c2n1CC1CC1. The van der Waals surface area contributed by atoms with Crippen LogP contribution in [0.15, 0.2) is 24.3 Å². The molecule has 1 saturated carbocycles. The van der Waals surface area contributed by atoms with Crippen molar-refractivity contribution in [2.24, 2.45) is 5.92 Å². The molecule has 0 aliphatic heterocycles. The van der Waals surface area contributed by atoms with Crippen molar-refractivity contribution in [3.63, 3.8) is 0 Å². The molecule has 3 rings (SSSR count). The van der Waals surface area contributed by atoms with Crippen molar-refractivity contribution in [3.8, 4) is 0 Å². The molecule has 1 aliphatic rings. The molecule has 0 N–H and O–H groups in total. The van der Waals surface area contributed by atoms with Crippen LogP contribution < -0.4 is 4.90 Å². The Morgan fingerprint density at radius 3 is 2.76 bits per heavy atom. The lowest BCUT2D eigenvalue weighted by Gasteiger charge is -2.17. The van der Waals surface area contributed by atoms with Crippen LogP contribution in [0, 0.1) is 5.92 Å². The number of aromatic nitrogens is 1. The van der Waals surface area contributed by atoms with Gasteiger partial charge in [-0.1, -0.05) is 12.1 Å². The number of carbonyl (C=O) groups excluding carboxylic acids is 1. The maximum absolute atomic E-state index is 12.3. The fraction of sp³-hybridized carbons (Fsp3) is 0.471. The molecule has 0 atom stereocenters. The highest BCUT2D eigenvalue weighted by atomic mass is 16.5. The van der Waals surface area contributed by atoms with E-state index in [4.69, 9.17) is 4.74 Å². The summed E-state index contributed by atoms with van der Waals surface area (Å²) in [7, 11) is 4.07. The van der Waals surface area contributed by atoms with Crippen LogP contribution in [0.4, 0.5) is 5.69 Å². The minimum Gasteiger partial charge on any atom is -0.461 e. The van der Waals surface area contributed by atoms with E-state index in [1.807, 2.05) is 33.2 Å². The zero-order valence-electron chi connectivity index (χ0n) is 12.9.